The fourth-order valence-electron chi connectivity index (χ4n) is 2.98. The quantitative estimate of drug-likeness (QED) is 0.680. The molecule has 0 spiro atoms. The number of nitrogens with one attached hydrogen (secondary N) is 1. The molecule has 0 bridgehead atoms. The molecule has 2 fully saturated rings. The maximum Gasteiger partial charge on any atom is 0.00749 e. The highest BCUT2D eigenvalue weighted by atomic mass is 15.0. The third-order valence-electron chi connectivity index (χ3n) is 4.14. The maximum atomic E-state index is 3.86. The van der Waals surface area contributed by atoms with E-state index in [1.165, 1.54) is 57.8 Å². The lowest BCUT2D eigenvalue weighted by Crippen LogP contribution is -2.46. The van der Waals surface area contributed by atoms with Crippen LogP contribution >= 0.6 is 0 Å². The van der Waals surface area contributed by atoms with E-state index in [0.29, 0.717) is 0 Å². The fraction of sp³-hybridized carbons (Fsp3) is 1.00. The van der Waals surface area contributed by atoms with Crippen molar-refractivity contribution in [3.05, 3.63) is 0 Å². The standard InChI is InChI=1S/C13H25N/c1-2-11-9-13(10-11)14-12-7-5-3-4-6-8-12/h11-14H,2-10H2,1H3. The van der Waals surface area contributed by atoms with Crippen LogP contribution in [0.1, 0.15) is 64.7 Å². The molecule has 82 valence electrons. The normalized spacial score (nSPS) is 34.9. The lowest BCUT2D eigenvalue weighted by atomic mass is 9.78. The molecule has 2 aliphatic rings. The van der Waals surface area contributed by atoms with Gasteiger partial charge in [-0.05, 0) is 31.6 Å². The van der Waals surface area contributed by atoms with Gasteiger partial charge in [0.05, 0.1) is 0 Å². The molecule has 2 saturated carbocycles. The topological polar surface area (TPSA) is 12.0 Å². The van der Waals surface area contributed by atoms with E-state index < -0.39 is 0 Å². The maximum absolute atomic E-state index is 3.86. The first-order valence-corrected chi connectivity index (χ1v) is 6.64. The molecular formula is C13H25N. The molecule has 0 amide bonds. The zero-order chi connectivity index (χ0) is 9.80. The first kappa shape index (κ1) is 10.5. The summed E-state index contributed by atoms with van der Waals surface area (Å²) in [6.07, 6.45) is 13.0. The highest BCUT2D eigenvalue weighted by molar-refractivity contribution is 4.87. The van der Waals surface area contributed by atoms with Gasteiger partial charge in [-0.25, -0.2) is 0 Å². The van der Waals surface area contributed by atoms with Crippen LogP contribution in [0.25, 0.3) is 0 Å². The van der Waals surface area contributed by atoms with Crippen molar-refractivity contribution in [2.24, 2.45) is 5.92 Å². The monoisotopic (exact) mass is 195 g/mol. The molecule has 2 aliphatic carbocycles. The van der Waals surface area contributed by atoms with Crippen molar-refractivity contribution in [1.29, 1.82) is 0 Å². The highest BCUT2D eigenvalue weighted by Gasteiger charge is 2.29. The van der Waals surface area contributed by atoms with Crippen LogP contribution in [-0.2, 0) is 0 Å². The summed E-state index contributed by atoms with van der Waals surface area (Å²) < 4.78 is 0. The summed E-state index contributed by atoms with van der Waals surface area (Å²) in [5.41, 5.74) is 0. The first-order valence-electron chi connectivity index (χ1n) is 6.64. The van der Waals surface area contributed by atoms with Gasteiger partial charge in [0.2, 0.25) is 0 Å². The molecule has 0 aromatic heterocycles. The second kappa shape index (κ2) is 5.16. The summed E-state index contributed by atoms with van der Waals surface area (Å²) in [5.74, 6) is 1.04. The van der Waals surface area contributed by atoms with Crippen LogP contribution in [0.15, 0.2) is 0 Å². The Morgan fingerprint density at radius 2 is 1.57 bits per heavy atom. The van der Waals surface area contributed by atoms with Crippen LogP contribution in [0, 0.1) is 5.92 Å². The smallest absolute Gasteiger partial charge is 0.00749 e. The zero-order valence-electron chi connectivity index (χ0n) is 9.60. The van der Waals surface area contributed by atoms with Crippen molar-refractivity contribution in [3.8, 4) is 0 Å². The number of hydrogen-bond donors (Lipinski definition) is 1. The molecule has 14 heavy (non-hydrogen) atoms. The average Bonchev–Trinajstić information content (AvgIpc) is 2.38. The fourth-order valence-corrected chi connectivity index (χ4v) is 2.98. The van der Waals surface area contributed by atoms with Crippen LogP contribution < -0.4 is 5.32 Å². The minimum absolute atomic E-state index is 0.861. The Hall–Kier alpha value is -0.0400. The van der Waals surface area contributed by atoms with Crippen molar-refractivity contribution in [2.75, 3.05) is 0 Å². The number of rotatable bonds is 3. The van der Waals surface area contributed by atoms with Crippen LogP contribution in [0.2, 0.25) is 0 Å². The number of hydrogen-bond acceptors (Lipinski definition) is 1. The summed E-state index contributed by atoms with van der Waals surface area (Å²) in [6, 6.07) is 1.74. The molecular weight excluding hydrogens is 170 g/mol. The van der Waals surface area contributed by atoms with Gasteiger partial charge in [0, 0.05) is 12.1 Å². The Balaban J connectivity index is 1.64. The SMILES string of the molecule is CCC1CC(NC2CCCCCC2)C1. The Morgan fingerprint density at radius 3 is 2.14 bits per heavy atom. The summed E-state index contributed by atoms with van der Waals surface area (Å²) in [7, 11) is 0. The Bertz CT molecular complexity index is 153. The van der Waals surface area contributed by atoms with Crippen molar-refractivity contribution in [1.82, 2.24) is 5.32 Å². The van der Waals surface area contributed by atoms with Gasteiger partial charge in [-0.3, -0.25) is 0 Å². The Morgan fingerprint density at radius 1 is 0.929 bits per heavy atom. The van der Waals surface area contributed by atoms with Gasteiger partial charge in [-0.1, -0.05) is 39.0 Å². The largest absolute Gasteiger partial charge is 0.311 e. The Labute approximate surface area is 88.7 Å². The van der Waals surface area contributed by atoms with Gasteiger partial charge in [0.1, 0.15) is 0 Å². The molecule has 0 aliphatic heterocycles. The first-order chi connectivity index (χ1) is 6.88. The molecule has 0 atom stereocenters. The Kier molecular flexibility index (Phi) is 3.86. The minimum atomic E-state index is 0.861. The van der Waals surface area contributed by atoms with E-state index in [1.54, 1.807) is 0 Å². The lowest BCUT2D eigenvalue weighted by molar-refractivity contribution is 0.195. The van der Waals surface area contributed by atoms with Gasteiger partial charge >= 0.3 is 0 Å². The van der Waals surface area contributed by atoms with Crippen molar-refractivity contribution >= 4 is 0 Å². The summed E-state index contributed by atoms with van der Waals surface area (Å²) >= 11 is 0. The molecule has 1 heteroatoms. The van der Waals surface area contributed by atoms with Crippen molar-refractivity contribution in [3.63, 3.8) is 0 Å². The van der Waals surface area contributed by atoms with Gasteiger partial charge in [-0.15, -0.1) is 0 Å². The van der Waals surface area contributed by atoms with E-state index in [2.05, 4.69) is 12.2 Å². The second-order valence-corrected chi connectivity index (χ2v) is 5.30. The molecule has 0 heterocycles. The van der Waals surface area contributed by atoms with Crippen molar-refractivity contribution in [2.45, 2.75) is 76.8 Å². The predicted octanol–water partition coefficient (Wildman–Crippen LogP) is 3.49. The summed E-state index contributed by atoms with van der Waals surface area (Å²) in [4.78, 5) is 0. The third kappa shape index (κ3) is 2.73. The van der Waals surface area contributed by atoms with Gasteiger partial charge in [-0.2, -0.15) is 0 Å². The van der Waals surface area contributed by atoms with Crippen LogP contribution in [0.3, 0.4) is 0 Å². The molecule has 0 unspecified atom stereocenters. The minimum Gasteiger partial charge on any atom is -0.311 e. The molecule has 0 aromatic carbocycles. The predicted molar refractivity (Wildman–Crippen MR) is 61.4 cm³/mol. The highest BCUT2D eigenvalue weighted by Crippen LogP contribution is 2.31. The molecule has 1 nitrogen and oxygen atoms in total. The molecule has 1 N–H and O–H groups in total. The van der Waals surface area contributed by atoms with E-state index in [4.69, 9.17) is 0 Å². The van der Waals surface area contributed by atoms with Crippen LogP contribution in [-0.4, -0.2) is 12.1 Å². The van der Waals surface area contributed by atoms with E-state index in [9.17, 15) is 0 Å². The average molecular weight is 195 g/mol. The third-order valence-corrected chi connectivity index (χ3v) is 4.14. The molecule has 0 radical (unpaired) electrons. The summed E-state index contributed by atoms with van der Waals surface area (Å²) in [6.45, 7) is 2.33. The van der Waals surface area contributed by atoms with Crippen molar-refractivity contribution < 1.29 is 0 Å². The summed E-state index contributed by atoms with van der Waals surface area (Å²) in [5, 5.41) is 3.86. The van der Waals surface area contributed by atoms with Gasteiger partial charge in [0.15, 0.2) is 0 Å². The molecule has 2 rings (SSSR count). The van der Waals surface area contributed by atoms with E-state index in [1.807, 2.05) is 0 Å². The van der Waals surface area contributed by atoms with E-state index in [-0.39, 0.29) is 0 Å². The van der Waals surface area contributed by atoms with Crippen LogP contribution in [0.5, 0.6) is 0 Å². The second-order valence-electron chi connectivity index (χ2n) is 5.30. The van der Waals surface area contributed by atoms with Gasteiger partial charge < -0.3 is 5.32 Å². The lowest BCUT2D eigenvalue weighted by Gasteiger charge is -2.38. The zero-order valence-corrected chi connectivity index (χ0v) is 9.60. The van der Waals surface area contributed by atoms with E-state index in [0.717, 1.165) is 18.0 Å². The van der Waals surface area contributed by atoms with Gasteiger partial charge in [0.25, 0.3) is 0 Å². The molecule has 0 aromatic rings. The molecule has 0 saturated heterocycles. The van der Waals surface area contributed by atoms with Crippen LogP contribution in [0.4, 0.5) is 0 Å². The van der Waals surface area contributed by atoms with E-state index >= 15 is 0 Å².